The highest BCUT2D eigenvalue weighted by molar-refractivity contribution is 6.04. The van der Waals surface area contributed by atoms with Gasteiger partial charge in [-0.25, -0.2) is 19.7 Å². The van der Waals surface area contributed by atoms with Crippen LogP contribution in [0.25, 0.3) is 10.9 Å². The number of nitrogens with zero attached hydrogens (tertiary/aromatic N) is 7. The Morgan fingerprint density at radius 3 is 2.64 bits per heavy atom. The minimum absolute atomic E-state index is 0.0369. The van der Waals surface area contributed by atoms with E-state index in [0.717, 1.165) is 36.7 Å². The van der Waals surface area contributed by atoms with Crippen LogP contribution in [0.1, 0.15) is 56.3 Å². The van der Waals surface area contributed by atoms with Crippen LogP contribution in [0.2, 0.25) is 0 Å². The van der Waals surface area contributed by atoms with Gasteiger partial charge in [-0.3, -0.25) is 9.48 Å². The first-order valence-electron chi connectivity index (χ1n) is 14.0. The van der Waals surface area contributed by atoms with E-state index in [0.29, 0.717) is 29.6 Å². The van der Waals surface area contributed by atoms with E-state index >= 15 is 0 Å². The lowest BCUT2D eigenvalue weighted by molar-refractivity contribution is 0.0158. The van der Waals surface area contributed by atoms with Crippen molar-refractivity contribution in [3.8, 4) is 5.75 Å². The van der Waals surface area contributed by atoms with Crippen molar-refractivity contribution >= 4 is 34.4 Å². The molecule has 1 saturated heterocycles. The zero-order valence-corrected chi connectivity index (χ0v) is 24.1. The molecule has 1 atom stereocenters. The zero-order chi connectivity index (χ0) is 29.4. The number of aromatic nitrogens is 5. The molecule has 2 amide bonds. The summed E-state index contributed by atoms with van der Waals surface area (Å²) in [5.74, 6) is 1.21. The number of aryl methyl sites for hydroxylation is 1. The molecule has 0 spiro atoms. The van der Waals surface area contributed by atoms with Crippen LogP contribution < -0.4 is 15.0 Å². The van der Waals surface area contributed by atoms with Crippen molar-refractivity contribution in [2.75, 3.05) is 23.3 Å². The average Bonchev–Trinajstić information content (AvgIpc) is 3.28. The Labute approximate surface area is 242 Å². The fourth-order valence-corrected chi connectivity index (χ4v) is 5.08. The number of carbonyl (C=O) groups is 2. The van der Waals surface area contributed by atoms with Crippen LogP contribution in [0.4, 0.5) is 16.3 Å². The van der Waals surface area contributed by atoms with Crippen molar-refractivity contribution in [2.24, 2.45) is 7.05 Å². The first kappa shape index (κ1) is 27.5. The second-order valence-corrected chi connectivity index (χ2v) is 11.7. The van der Waals surface area contributed by atoms with Gasteiger partial charge in [0.2, 0.25) is 0 Å². The highest BCUT2D eigenvalue weighted by Gasteiger charge is 2.42. The minimum atomic E-state index is -0.544. The second-order valence-electron chi connectivity index (χ2n) is 11.7. The summed E-state index contributed by atoms with van der Waals surface area (Å²) in [4.78, 5) is 43.0. The largest absolute Gasteiger partial charge is 0.483 e. The van der Waals surface area contributed by atoms with Gasteiger partial charge in [0.05, 0.1) is 35.8 Å². The summed E-state index contributed by atoms with van der Waals surface area (Å²) in [5, 5.41) is 8.17. The van der Waals surface area contributed by atoms with Crippen LogP contribution in [0, 0.1) is 0 Å². The highest BCUT2D eigenvalue weighted by atomic mass is 16.6. The topological polar surface area (TPSA) is 141 Å². The van der Waals surface area contributed by atoms with Crippen molar-refractivity contribution in [3.63, 3.8) is 0 Å². The number of amides is 2. The Bertz CT molecular complexity index is 1570. The van der Waals surface area contributed by atoms with Crippen molar-refractivity contribution in [1.29, 1.82) is 0 Å². The van der Waals surface area contributed by atoms with E-state index < -0.39 is 11.5 Å². The molecule has 42 heavy (non-hydrogen) atoms. The van der Waals surface area contributed by atoms with Gasteiger partial charge < -0.3 is 29.0 Å². The van der Waals surface area contributed by atoms with Gasteiger partial charge in [0.15, 0.2) is 12.2 Å². The normalized spacial score (nSPS) is 17.0. The molecular weight excluding hydrogens is 540 g/mol. The third-order valence-electron chi connectivity index (χ3n) is 7.12. The van der Waals surface area contributed by atoms with Gasteiger partial charge in [-0.05, 0) is 46.1 Å². The molecular formula is C29H34N8O5. The van der Waals surface area contributed by atoms with Crippen molar-refractivity contribution < 1.29 is 23.5 Å². The van der Waals surface area contributed by atoms with E-state index in [-0.39, 0.29) is 30.5 Å². The quantitative estimate of drug-likeness (QED) is 0.326. The molecule has 4 heterocycles. The molecule has 6 rings (SSSR count). The van der Waals surface area contributed by atoms with E-state index in [1.807, 2.05) is 38.9 Å². The van der Waals surface area contributed by atoms with Crippen LogP contribution in [-0.4, -0.2) is 72.4 Å². The van der Waals surface area contributed by atoms with Crippen LogP contribution in [0.5, 0.6) is 5.75 Å². The molecule has 4 aromatic rings. The highest BCUT2D eigenvalue weighted by Crippen LogP contribution is 2.34. The summed E-state index contributed by atoms with van der Waals surface area (Å²) in [5.41, 5.74) is 0.812. The van der Waals surface area contributed by atoms with Crippen LogP contribution in [0.3, 0.4) is 0 Å². The number of carbonyl (C=O) groups excluding carboxylic acids is 2. The van der Waals surface area contributed by atoms with Gasteiger partial charge in [-0.2, -0.15) is 5.10 Å². The lowest BCUT2D eigenvalue weighted by Gasteiger charge is -2.31. The van der Waals surface area contributed by atoms with Gasteiger partial charge in [-0.15, -0.1) is 0 Å². The summed E-state index contributed by atoms with van der Waals surface area (Å²) >= 11 is 0. The maximum absolute atomic E-state index is 13.2. The SMILES string of the molecule is Cn1cc2cc(NC(=O)c3cnc(N4CC[C@@H](N(C(=O)OC(C)(C)C)C5CC5)C4)cn3)c(OCc3cnco3)cc2n1. The number of oxazole rings is 1. The number of hydrogen-bond donors (Lipinski definition) is 1. The number of ether oxygens (including phenoxy) is 2. The van der Waals surface area contributed by atoms with Gasteiger partial charge in [-0.1, -0.05) is 0 Å². The predicted molar refractivity (Wildman–Crippen MR) is 153 cm³/mol. The Hall–Kier alpha value is -4.68. The third-order valence-corrected chi connectivity index (χ3v) is 7.12. The van der Waals surface area contributed by atoms with E-state index in [2.05, 4.69) is 30.3 Å². The van der Waals surface area contributed by atoms with Crippen molar-refractivity contribution in [1.82, 2.24) is 29.6 Å². The molecule has 1 aliphatic carbocycles. The molecule has 2 fully saturated rings. The van der Waals surface area contributed by atoms with E-state index in [4.69, 9.17) is 13.9 Å². The van der Waals surface area contributed by atoms with E-state index in [1.54, 1.807) is 29.2 Å². The standard InChI is InChI=1S/C29H34N8O5/c1-29(2,3)42-28(39)37(19-5-6-19)20-7-8-36(15-20)26-13-31-24(12-32-26)27(38)33-23-9-18-14-35(4)34-22(18)10-25(23)40-16-21-11-30-17-41-21/h9-14,17,19-20H,5-8,15-16H2,1-4H3,(H,33,38)/t20-/m1/s1. The number of rotatable bonds is 8. The summed E-state index contributed by atoms with van der Waals surface area (Å²) in [6.07, 6.45) is 10.4. The van der Waals surface area contributed by atoms with Crippen LogP contribution >= 0.6 is 0 Å². The molecule has 0 radical (unpaired) electrons. The number of nitrogens with one attached hydrogen (secondary N) is 1. The van der Waals surface area contributed by atoms with Gasteiger partial charge in [0.1, 0.15) is 29.5 Å². The predicted octanol–water partition coefficient (Wildman–Crippen LogP) is 4.16. The minimum Gasteiger partial charge on any atom is -0.483 e. The number of fused-ring (bicyclic) bond motifs is 1. The average molecular weight is 575 g/mol. The molecule has 2 aliphatic rings. The molecule has 220 valence electrons. The first-order chi connectivity index (χ1) is 20.1. The summed E-state index contributed by atoms with van der Waals surface area (Å²) in [6, 6.07) is 3.84. The first-order valence-corrected chi connectivity index (χ1v) is 14.0. The van der Waals surface area contributed by atoms with E-state index in [9.17, 15) is 9.59 Å². The number of benzene rings is 1. The Morgan fingerprint density at radius 2 is 1.95 bits per heavy atom. The number of hydrogen-bond acceptors (Lipinski definition) is 10. The van der Waals surface area contributed by atoms with Gasteiger partial charge >= 0.3 is 6.09 Å². The fraction of sp³-hybridized carbons (Fsp3) is 0.448. The molecule has 1 N–H and O–H groups in total. The molecule has 0 bridgehead atoms. The molecule has 1 saturated carbocycles. The van der Waals surface area contributed by atoms with Gasteiger partial charge in [0, 0.05) is 43.8 Å². The summed E-state index contributed by atoms with van der Waals surface area (Å²) in [6.45, 7) is 7.15. The Kier molecular flexibility index (Phi) is 7.17. The maximum Gasteiger partial charge on any atom is 0.410 e. The van der Waals surface area contributed by atoms with E-state index in [1.165, 1.54) is 12.6 Å². The smallest absolute Gasteiger partial charge is 0.410 e. The molecule has 1 aromatic carbocycles. The molecule has 13 nitrogen and oxygen atoms in total. The zero-order valence-electron chi connectivity index (χ0n) is 24.1. The molecule has 13 heteroatoms. The lowest BCUT2D eigenvalue weighted by Crippen LogP contribution is -2.46. The van der Waals surface area contributed by atoms with Gasteiger partial charge in [0.25, 0.3) is 5.91 Å². The molecule has 0 unspecified atom stereocenters. The Balaban J connectivity index is 1.13. The van der Waals surface area contributed by atoms with Crippen LogP contribution in [-0.2, 0) is 18.4 Å². The fourth-order valence-electron chi connectivity index (χ4n) is 5.08. The summed E-state index contributed by atoms with van der Waals surface area (Å²) in [7, 11) is 1.83. The van der Waals surface area contributed by atoms with Crippen molar-refractivity contribution in [2.45, 2.75) is 64.3 Å². The van der Waals surface area contributed by atoms with Crippen molar-refractivity contribution in [3.05, 3.63) is 54.8 Å². The summed E-state index contributed by atoms with van der Waals surface area (Å²) < 4.78 is 18.6. The Morgan fingerprint density at radius 1 is 1.12 bits per heavy atom. The third kappa shape index (κ3) is 6.14. The molecule has 1 aliphatic heterocycles. The monoisotopic (exact) mass is 574 g/mol. The van der Waals surface area contributed by atoms with Crippen LogP contribution in [0.15, 0.2) is 47.7 Å². The number of anilines is 2. The lowest BCUT2D eigenvalue weighted by atomic mass is 10.2. The second kappa shape index (κ2) is 11.0. The molecule has 3 aromatic heterocycles. The maximum atomic E-state index is 13.2.